The summed E-state index contributed by atoms with van der Waals surface area (Å²) >= 11 is 0. The summed E-state index contributed by atoms with van der Waals surface area (Å²) in [6.45, 7) is 4.36. The van der Waals surface area contributed by atoms with Gasteiger partial charge in [-0.25, -0.2) is 0 Å². The van der Waals surface area contributed by atoms with Gasteiger partial charge in [0.1, 0.15) is 0 Å². The molecule has 2 N–H and O–H groups in total. The highest BCUT2D eigenvalue weighted by atomic mass is 15.1. The van der Waals surface area contributed by atoms with Gasteiger partial charge in [-0.15, -0.1) is 0 Å². The summed E-state index contributed by atoms with van der Waals surface area (Å²) in [7, 11) is 2.18. The molecule has 0 aromatic heterocycles. The second-order valence-electron chi connectivity index (χ2n) is 4.35. The predicted octanol–water partition coefficient (Wildman–Crippen LogP) is 1.46. The van der Waals surface area contributed by atoms with E-state index in [1.54, 1.807) is 0 Å². The van der Waals surface area contributed by atoms with Gasteiger partial charge in [0.05, 0.1) is 0 Å². The minimum atomic E-state index is 0.316. The molecule has 1 rings (SSSR count). The quantitative estimate of drug-likeness (QED) is 0.692. The van der Waals surface area contributed by atoms with E-state index >= 15 is 0 Å². The van der Waals surface area contributed by atoms with Crippen LogP contribution in [0.3, 0.4) is 0 Å². The van der Waals surface area contributed by atoms with E-state index < -0.39 is 0 Å². The zero-order valence-electron chi connectivity index (χ0n) is 8.42. The Morgan fingerprint density at radius 1 is 1.42 bits per heavy atom. The Hall–Kier alpha value is -0.0800. The molecular weight excluding hydrogens is 148 g/mol. The molecule has 0 saturated heterocycles. The van der Waals surface area contributed by atoms with Crippen molar-refractivity contribution in [3.8, 4) is 0 Å². The zero-order chi connectivity index (χ0) is 8.97. The largest absolute Gasteiger partial charge is 0.327 e. The number of rotatable bonds is 4. The van der Waals surface area contributed by atoms with E-state index in [2.05, 4.69) is 18.9 Å². The van der Waals surface area contributed by atoms with Gasteiger partial charge < -0.3 is 10.6 Å². The van der Waals surface area contributed by atoms with Gasteiger partial charge in [0.15, 0.2) is 0 Å². The lowest BCUT2D eigenvalue weighted by Crippen LogP contribution is -2.35. The third kappa shape index (κ3) is 3.55. The molecule has 1 atom stereocenters. The van der Waals surface area contributed by atoms with Crippen LogP contribution in [0.15, 0.2) is 0 Å². The highest BCUT2D eigenvalue weighted by Gasteiger charge is 2.16. The van der Waals surface area contributed by atoms with E-state index in [9.17, 15) is 0 Å². The van der Waals surface area contributed by atoms with Crippen LogP contribution in [0, 0.1) is 5.92 Å². The first-order valence-corrected chi connectivity index (χ1v) is 5.12. The van der Waals surface area contributed by atoms with Crippen LogP contribution in [0.5, 0.6) is 0 Å². The van der Waals surface area contributed by atoms with E-state index in [-0.39, 0.29) is 0 Å². The maximum Gasteiger partial charge on any atom is 0.0139 e. The van der Waals surface area contributed by atoms with Crippen molar-refractivity contribution in [2.45, 2.75) is 38.6 Å². The molecule has 0 aliphatic heterocycles. The second kappa shape index (κ2) is 4.83. The third-order valence-corrected chi connectivity index (χ3v) is 2.64. The molecule has 2 nitrogen and oxygen atoms in total. The Morgan fingerprint density at radius 2 is 2.00 bits per heavy atom. The first-order valence-electron chi connectivity index (χ1n) is 5.12. The molecule has 1 aliphatic rings. The maximum atomic E-state index is 5.73. The summed E-state index contributed by atoms with van der Waals surface area (Å²) in [6, 6.07) is 0.316. The Kier molecular flexibility index (Phi) is 4.02. The molecule has 1 unspecified atom stereocenters. The van der Waals surface area contributed by atoms with Crippen molar-refractivity contribution < 1.29 is 0 Å². The summed E-state index contributed by atoms with van der Waals surface area (Å²) in [5.74, 6) is 0.953. The molecule has 0 radical (unpaired) electrons. The fourth-order valence-electron chi connectivity index (χ4n) is 2.20. The van der Waals surface area contributed by atoms with Gasteiger partial charge in [0.25, 0.3) is 0 Å². The smallest absolute Gasteiger partial charge is 0.0139 e. The fraction of sp³-hybridized carbons (Fsp3) is 1.00. The predicted molar refractivity (Wildman–Crippen MR) is 53.1 cm³/mol. The van der Waals surface area contributed by atoms with Crippen LogP contribution >= 0.6 is 0 Å². The molecule has 2 heteroatoms. The molecule has 1 aliphatic carbocycles. The number of likely N-dealkylation sites (N-methyl/N-ethyl adjacent to an activating group) is 1. The lowest BCUT2D eigenvalue weighted by atomic mass is 10.1. The molecule has 1 fully saturated rings. The standard InChI is InChI=1S/C10H22N2/c1-9(11)7-12(2)8-10-5-3-4-6-10/h9-10H,3-8,11H2,1-2H3. The molecule has 12 heavy (non-hydrogen) atoms. The zero-order valence-corrected chi connectivity index (χ0v) is 8.42. The molecule has 72 valence electrons. The topological polar surface area (TPSA) is 29.3 Å². The van der Waals surface area contributed by atoms with Gasteiger partial charge in [-0.1, -0.05) is 12.8 Å². The normalized spacial score (nSPS) is 22.0. The van der Waals surface area contributed by atoms with Crippen LogP contribution in [-0.2, 0) is 0 Å². The Morgan fingerprint density at radius 3 is 2.50 bits per heavy atom. The van der Waals surface area contributed by atoms with E-state index in [0.29, 0.717) is 6.04 Å². The molecule has 1 saturated carbocycles. The fourth-order valence-corrected chi connectivity index (χ4v) is 2.20. The summed E-state index contributed by atoms with van der Waals surface area (Å²) < 4.78 is 0. The van der Waals surface area contributed by atoms with Crippen LogP contribution in [0.4, 0.5) is 0 Å². The van der Waals surface area contributed by atoms with Crippen molar-refractivity contribution >= 4 is 0 Å². The number of hydrogen-bond donors (Lipinski definition) is 1. The number of hydrogen-bond acceptors (Lipinski definition) is 2. The van der Waals surface area contributed by atoms with Gasteiger partial charge in [-0.05, 0) is 32.7 Å². The summed E-state index contributed by atoms with van der Waals surface area (Å²) in [4.78, 5) is 2.38. The van der Waals surface area contributed by atoms with Crippen molar-refractivity contribution in [3.05, 3.63) is 0 Å². The minimum Gasteiger partial charge on any atom is -0.327 e. The van der Waals surface area contributed by atoms with Crippen molar-refractivity contribution in [1.82, 2.24) is 4.90 Å². The van der Waals surface area contributed by atoms with E-state index in [0.717, 1.165) is 12.5 Å². The molecular formula is C10H22N2. The summed E-state index contributed by atoms with van der Waals surface area (Å²) in [6.07, 6.45) is 5.75. The van der Waals surface area contributed by atoms with Crippen molar-refractivity contribution in [2.75, 3.05) is 20.1 Å². The highest BCUT2D eigenvalue weighted by Crippen LogP contribution is 2.24. The number of nitrogens with zero attached hydrogens (tertiary/aromatic N) is 1. The lowest BCUT2D eigenvalue weighted by molar-refractivity contribution is 0.267. The maximum absolute atomic E-state index is 5.73. The molecule has 0 bridgehead atoms. The van der Waals surface area contributed by atoms with Gasteiger partial charge >= 0.3 is 0 Å². The second-order valence-corrected chi connectivity index (χ2v) is 4.35. The van der Waals surface area contributed by atoms with E-state index in [4.69, 9.17) is 5.73 Å². The summed E-state index contributed by atoms with van der Waals surface area (Å²) in [5, 5.41) is 0. The van der Waals surface area contributed by atoms with Gasteiger partial charge in [-0.2, -0.15) is 0 Å². The first-order chi connectivity index (χ1) is 5.68. The van der Waals surface area contributed by atoms with Gasteiger partial charge in [0, 0.05) is 19.1 Å². The number of nitrogens with two attached hydrogens (primary N) is 1. The van der Waals surface area contributed by atoms with E-state index in [1.165, 1.54) is 32.2 Å². The van der Waals surface area contributed by atoms with Gasteiger partial charge in [0.2, 0.25) is 0 Å². The Balaban J connectivity index is 2.11. The first kappa shape index (κ1) is 10.0. The van der Waals surface area contributed by atoms with Gasteiger partial charge in [-0.3, -0.25) is 0 Å². The molecule has 0 aromatic rings. The molecule has 0 heterocycles. The lowest BCUT2D eigenvalue weighted by Gasteiger charge is -2.22. The molecule has 0 aromatic carbocycles. The van der Waals surface area contributed by atoms with Crippen molar-refractivity contribution in [2.24, 2.45) is 11.7 Å². The average molecular weight is 170 g/mol. The van der Waals surface area contributed by atoms with Crippen LogP contribution in [0.25, 0.3) is 0 Å². The van der Waals surface area contributed by atoms with Crippen LogP contribution in [0.2, 0.25) is 0 Å². The Labute approximate surface area is 76.1 Å². The van der Waals surface area contributed by atoms with Crippen LogP contribution in [0.1, 0.15) is 32.6 Å². The monoisotopic (exact) mass is 170 g/mol. The van der Waals surface area contributed by atoms with Crippen molar-refractivity contribution in [3.63, 3.8) is 0 Å². The molecule has 0 spiro atoms. The SMILES string of the molecule is CC(N)CN(C)CC1CCCC1. The summed E-state index contributed by atoms with van der Waals surface area (Å²) in [5.41, 5.74) is 5.73. The molecule has 0 amide bonds. The third-order valence-electron chi connectivity index (χ3n) is 2.64. The Bertz CT molecular complexity index is 117. The van der Waals surface area contributed by atoms with Crippen LogP contribution in [-0.4, -0.2) is 31.1 Å². The van der Waals surface area contributed by atoms with E-state index in [1.807, 2.05) is 0 Å². The highest BCUT2D eigenvalue weighted by molar-refractivity contribution is 4.71. The van der Waals surface area contributed by atoms with Crippen molar-refractivity contribution in [1.29, 1.82) is 0 Å². The minimum absolute atomic E-state index is 0.316. The van der Waals surface area contributed by atoms with Crippen LogP contribution < -0.4 is 5.73 Å². The average Bonchev–Trinajstić information content (AvgIpc) is 2.37.